The van der Waals surface area contributed by atoms with E-state index in [1.165, 1.54) is 18.2 Å². The van der Waals surface area contributed by atoms with Gasteiger partial charge in [-0.05, 0) is 31.4 Å². The Balaban J connectivity index is 2.89. The van der Waals surface area contributed by atoms with Crippen LogP contribution in [0.4, 0.5) is 10.5 Å². The number of amides is 2. The fourth-order valence-electron chi connectivity index (χ4n) is 2.23. The van der Waals surface area contributed by atoms with Crippen molar-refractivity contribution in [1.82, 2.24) is 5.32 Å². The Morgan fingerprint density at radius 3 is 2.19 bits per heavy atom. The molecule has 0 radical (unpaired) electrons. The molecular weight excluding hydrogens is 272 g/mol. The van der Waals surface area contributed by atoms with Gasteiger partial charge in [0, 0.05) is 5.54 Å². The number of phenols is 1. The van der Waals surface area contributed by atoms with Crippen molar-refractivity contribution in [3.05, 3.63) is 23.8 Å². The molecule has 0 saturated carbocycles. The fourth-order valence-corrected chi connectivity index (χ4v) is 2.23. The standard InChI is InChI=1S/C15H22N2O4/c1-4-15(5-2,6-3)17-14(21)16-11-9-7-8-10(12(11)18)13(19)20/h7-9,18H,4-6H2,1-3H3,(H,19,20)(H2,16,17,21). The highest BCUT2D eigenvalue weighted by Gasteiger charge is 2.26. The van der Waals surface area contributed by atoms with E-state index in [0.717, 1.165) is 19.3 Å². The molecular formula is C15H22N2O4. The van der Waals surface area contributed by atoms with Crippen LogP contribution >= 0.6 is 0 Å². The second kappa shape index (κ2) is 6.97. The van der Waals surface area contributed by atoms with Crippen LogP contribution in [0.5, 0.6) is 5.75 Å². The number of aromatic hydroxyl groups is 1. The highest BCUT2D eigenvalue weighted by Crippen LogP contribution is 2.27. The van der Waals surface area contributed by atoms with E-state index in [9.17, 15) is 14.7 Å². The minimum Gasteiger partial charge on any atom is -0.505 e. The summed E-state index contributed by atoms with van der Waals surface area (Å²) < 4.78 is 0. The molecule has 0 heterocycles. The van der Waals surface area contributed by atoms with E-state index in [1.807, 2.05) is 20.8 Å². The number of carbonyl (C=O) groups excluding carboxylic acids is 1. The maximum Gasteiger partial charge on any atom is 0.339 e. The topological polar surface area (TPSA) is 98.7 Å². The lowest BCUT2D eigenvalue weighted by Crippen LogP contribution is -2.48. The molecule has 0 saturated heterocycles. The van der Waals surface area contributed by atoms with Crippen molar-refractivity contribution in [2.24, 2.45) is 0 Å². The maximum atomic E-state index is 12.1. The third kappa shape index (κ3) is 3.87. The van der Waals surface area contributed by atoms with Crippen LogP contribution in [0.1, 0.15) is 50.4 Å². The van der Waals surface area contributed by atoms with E-state index in [0.29, 0.717) is 0 Å². The summed E-state index contributed by atoms with van der Waals surface area (Å²) in [6.07, 6.45) is 2.36. The first-order valence-electron chi connectivity index (χ1n) is 7.03. The Hall–Kier alpha value is -2.24. The van der Waals surface area contributed by atoms with Crippen LogP contribution < -0.4 is 10.6 Å². The van der Waals surface area contributed by atoms with Crippen molar-refractivity contribution < 1.29 is 19.8 Å². The number of carbonyl (C=O) groups is 2. The average molecular weight is 294 g/mol. The van der Waals surface area contributed by atoms with Crippen molar-refractivity contribution in [3.63, 3.8) is 0 Å². The number of rotatable bonds is 6. The lowest BCUT2D eigenvalue weighted by atomic mass is 9.90. The molecule has 21 heavy (non-hydrogen) atoms. The van der Waals surface area contributed by atoms with Crippen LogP contribution in [0.25, 0.3) is 0 Å². The Bertz CT molecular complexity index is 516. The molecule has 0 unspecified atom stereocenters. The zero-order valence-electron chi connectivity index (χ0n) is 12.6. The van der Waals surface area contributed by atoms with Gasteiger partial charge in [0.05, 0.1) is 5.69 Å². The van der Waals surface area contributed by atoms with Crippen molar-refractivity contribution >= 4 is 17.7 Å². The van der Waals surface area contributed by atoms with E-state index in [4.69, 9.17) is 5.11 Å². The number of anilines is 1. The zero-order valence-corrected chi connectivity index (χ0v) is 12.6. The number of para-hydroxylation sites is 1. The minimum atomic E-state index is -1.25. The van der Waals surface area contributed by atoms with Crippen LogP contribution in [0.15, 0.2) is 18.2 Å². The van der Waals surface area contributed by atoms with E-state index in [-0.39, 0.29) is 16.8 Å². The molecule has 4 N–H and O–H groups in total. The number of benzene rings is 1. The van der Waals surface area contributed by atoms with Gasteiger partial charge in [0.25, 0.3) is 0 Å². The first kappa shape index (κ1) is 16.8. The number of aromatic carboxylic acids is 1. The molecule has 0 aromatic heterocycles. The summed E-state index contributed by atoms with van der Waals surface area (Å²) in [6.45, 7) is 5.99. The molecule has 0 aliphatic heterocycles. The smallest absolute Gasteiger partial charge is 0.339 e. The fraction of sp³-hybridized carbons (Fsp3) is 0.467. The van der Waals surface area contributed by atoms with Gasteiger partial charge in [-0.25, -0.2) is 9.59 Å². The summed E-state index contributed by atoms with van der Waals surface area (Å²) in [5, 5.41) is 24.2. The van der Waals surface area contributed by atoms with E-state index < -0.39 is 17.7 Å². The summed E-state index contributed by atoms with van der Waals surface area (Å²) in [6, 6.07) is 3.73. The number of carboxylic acids is 1. The predicted molar refractivity (Wildman–Crippen MR) is 80.8 cm³/mol. The predicted octanol–water partition coefficient (Wildman–Crippen LogP) is 3.18. The lowest BCUT2D eigenvalue weighted by molar-refractivity contribution is 0.0693. The molecule has 0 aliphatic carbocycles. The second-order valence-electron chi connectivity index (χ2n) is 4.93. The Kier molecular flexibility index (Phi) is 5.58. The zero-order chi connectivity index (χ0) is 16.0. The van der Waals surface area contributed by atoms with Gasteiger partial charge in [-0.3, -0.25) is 0 Å². The van der Waals surface area contributed by atoms with E-state index in [2.05, 4.69) is 10.6 Å². The summed E-state index contributed by atoms with van der Waals surface area (Å²) in [5.74, 6) is -1.70. The molecule has 0 bridgehead atoms. The monoisotopic (exact) mass is 294 g/mol. The number of urea groups is 1. The molecule has 0 atom stereocenters. The third-order valence-corrected chi connectivity index (χ3v) is 3.92. The van der Waals surface area contributed by atoms with Crippen LogP contribution in [-0.2, 0) is 0 Å². The third-order valence-electron chi connectivity index (χ3n) is 3.92. The van der Waals surface area contributed by atoms with Gasteiger partial charge in [0.2, 0.25) is 0 Å². The van der Waals surface area contributed by atoms with Gasteiger partial charge >= 0.3 is 12.0 Å². The molecule has 1 aromatic rings. The van der Waals surface area contributed by atoms with Crippen LogP contribution in [0, 0.1) is 0 Å². The second-order valence-corrected chi connectivity index (χ2v) is 4.93. The number of carboxylic acid groups (broad SMARTS) is 1. The maximum absolute atomic E-state index is 12.1. The van der Waals surface area contributed by atoms with Crippen LogP contribution in [0.3, 0.4) is 0 Å². The Morgan fingerprint density at radius 2 is 1.71 bits per heavy atom. The molecule has 0 aliphatic rings. The molecule has 6 heteroatoms. The first-order chi connectivity index (χ1) is 9.89. The molecule has 116 valence electrons. The minimum absolute atomic E-state index is 0.0737. The number of hydrogen-bond acceptors (Lipinski definition) is 3. The van der Waals surface area contributed by atoms with Crippen LogP contribution in [-0.4, -0.2) is 27.8 Å². The van der Waals surface area contributed by atoms with Crippen molar-refractivity contribution in [2.75, 3.05) is 5.32 Å². The highest BCUT2D eigenvalue weighted by atomic mass is 16.4. The Morgan fingerprint density at radius 1 is 1.14 bits per heavy atom. The van der Waals surface area contributed by atoms with Crippen molar-refractivity contribution in [2.45, 2.75) is 45.6 Å². The largest absolute Gasteiger partial charge is 0.505 e. The molecule has 0 spiro atoms. The SMILES string of the molecule is CCC(CC)(CC)NC(=O)Nc1cccc(C(=O)O)c1O. The highest BCUT2D eigenvalue weighted by molar-refractivity contribution is 5.97. The summed E-state index contributed by atoms with van der Waals surface area (Å²) in [5.41, 5.74) is -0.477. The molecule has 1 rings (SSSR count). The van der Waals surface area contributed by atoms with Gasteiger partial charge in [-0.1, -0.05) is 26.8 Å². The summed E-state index contributed by atoms with van der Waals surface area (Å²) in [4.78, 5) is 23.0. The summed E-state index contributed by atoms with van der Waals surface area (Å²) >= 11 is 0. The normalized spacial score (nSPS) is 11.0. The van der Waals surface area contributed by atoms with Crippen molar-refractivity contribution in [3.8, 4) is 5.75 Å². The van der Waals surface area contributed by atoms with Gasteiger partial charge in [-0.15, -0.1) is 0 Å². The first-order valence-corrected chi connectivity index (χ1v) is 7.03. The van der Waals surface area contributed by atoms with Gasteiger partial charge in [0.1, 0.15) is 5.56 Å². The molecule has 1 aromatic carbocycles. The molecule has 2 amide bonds. The van der Waals surface area contributed by atoms with E-state index >= 15 is 0 Å². The van der Waals surface area contributed by atoms with Gasteiger partial charge < -0.3 is 20.8 Å². The summed E-state index contributed by atoms with van der Waals surface area (Å²) in [7, 11) is 0. The Labute approximate surface area is 124 Å². The van der Waals surface area contributed by atoms with E-state index in [1.54, 1.807) is 0 Å². The van der Waals surface area contributed by atoms with Gasteiger partial charge in [0.15, 0.2) is 5.75 Å². The average Bonchev–Trinajstić information content (AvgIpc) is 2.47. The molecule has 6 nitrogen and oxygen atoms in total. The number of hydrogen-bond donors (Lipinski definition) is 4. The number of nitrogens with one attached hydrogen (secondary N) is 2. The van der Waals surface area contributed by atoms with Gasteiger partial charge in [-0.2, -0.15) is 0 Å². The lowest BCUT2D eigenvalue weighted by Gasteiger charge is -2.31. The molecule has 0 fully saturated rings. The van der Waals surface area contributed by atoms with Crippen molar-refractivity contribution in [1.29, 1.82) is 0 Å². The van der Waals surface area contributed by atoms with Crippen LogP contribution in [0.2, 0.25) is 0 Å². The quantitative estimate of drug-likeness (QED) is 0.605.